The van der Waals surface area contributed by atoms with Crippen LogP contribution in [0.2, 0.25) is 0 Å². The zero-order valence-corrected chi connectivity index (χ0v) is 21.6. The summed E-state index contributed by atoms with van der Waals surface area (Å²) in [5.74, 6) is 1.28. The Morgan fingerprint density at radius 1 is 0.973 bits per heavy atom. The second-order valence-electron chi connectivity index (χ2n) is 9.74. The molecule has 0 N–H and O–H groups in total. The molecule has 0 saturated heterocycles. The van der Waals surface area contributed by atoms with Crippen molar-refractivity contribution >= 4 is 16.7 Å². The van der Waals surface area contributed by atoms with Gasteiger partial charge in [-0.3, -0.25) is 9.59 Å². The van der Waals surface area contributed by atoms with Crippen LogP contribution in [0.5, 0.6) is 11.5 Å². The summed E-state index contributed by atoms with van der Waals surface area (Å²) in [6.45, 7) is 4.99. The molecule has 5 rings (SSSR count). The molecule has 3 aromatic carbocycles. The van der Waals surface area contributed by atoms with Crippen molar-refractivity contribution in [3.05, 3.63) is 99.5 Å². The lowest BCUT2D eigenvalue weighted by Crippen LogP contribution is -2.42. The molecule has 7 heteroatoms. The monoisotopic (exact) mass is 497 g/mol. The fourth-order valence-corrected chi connectivity index (χ4v) is 5.16. The zero-order chi connectivity index (χ0) is 26.1. The lowest BCUT2D eigenvalue weighted by Gasteiger charge is -2.38. The zero-order valence-electron chi connectivity index (χ0n) is 21.6. The number of ether oxygens (including phenoxy) is 2. The third kappa shape index (κ3) is 4.46. The number of methoxy groups -OCH3 is 2. The third-order valence-electron chi connectivity index (χ3n) is 6.86. The normalized spacial score (nSPS) is 15.1. The van der Waals surface area contributed by atoms with Gasteiger partial charge in [0, 0.05) is 18.5 Å². The number of amides is 1. The predicted octanol–water partition coefficient (Wildman–Crippen LogP) is 4.86. The highest BCUT2D eigenvalue weighted by atomic mass is 16.5. The summed E-state index contributed by atoms with van der Waals surface area (Å²) in [4.78, 5) is 29.3. The SMILES string of the molecule is COc1cc2c(cc1OC)C(c1ccccc1)N(C(=O)c1nn(CC(C)C)c(=O)c3ccccc13)CC2. The number of carbonyl (C=O) groups is 1. The second kappa shape index (κ2) is 10.1. The first-order valence-electron chi connectivity index (χ1n) is 12.5. The van der Waals surface area contributed by atoms with E-state index in [1.165, 1.54) is 4.68 Å². The molecule has 4 aromatic rings. The van der Waals surface area contributed by atoms with Crippen molar-refractivity contribution in [2.45, 2.75) is 32.9 Å². The molecule has 0 aliphatic carbocycles. The van der Waals surface area contributed by atoms with Crippen LogP contribution in [0.4, 0.5) is 0 Å². The van der Waals surface area contributed by atoms with Crippen LogP contribution in [0.3, 0.4) is 0 Å². The van der Waals surface area contributed by atoms with E-state index in [4.69, 9.17) is 9.47 Å². The van der Waals surface area contributed by atoms with Gasteiger partial charge in [-0.25, -0.2) is 4.68 Å². The molecule has 1 aromatic heterocycles. The summed E-state index contributed by atoms with van der Waals surface area (Å²) < 4.78 is 12.6. The summed E-state index contributed by atoms with van der Waals surface area (Å²) in [6.07, 6.45) is 0.661. The van der Waals surface area contributed by atoms with Crippen LogP contribution in [-0.2, 0) is 13.0 Å². The van der Waals surface area contributed by atoms with E-state index in [-0.39, 0.29) is 23.4 Å². The van der Waals surface area contributed by atoms with Crippen LogP contribution < -0.4 is 15.0 Å². The van der Waals surface area contributed by atoms with Crippen molar-refractivity contribution in [3.63, 3.8) is 0 Å². The summed E-state index contributed by atoms with van der Waals surface area (Å²) >= 11 is 0. The van der Waals surface area contributed by atoms with Gasteiger partial charge in [-0.1, -0.05) is 62.4 Å². The maximum Gasteiger partial charge on any atom is 0.275 e. The molecular formula is C30H31N3O4. The molecule has 1 unspecified atom stereocenters. The third-order valence-corrected chi connectivity index (χ3v) is 6.86. The number of nitrogens with zero attached hydrogens (tertiary/aromatic N) is 3. The van der Waals surface area contributed by atoms with Crippen LogP contribution in [0.15, 0.2) is 71.5 Å². The average molecular weight is 498 g/mol. The molecular weight excluding hydrogens is 466 g/mol. The molecule has 37 heavy (non-hydrogen) atoms. The van der Waals surface area contributed by atoms with E-state index in [1.807, 2.05) is 73.3 Å². The van der Waals surface area contributed by atoms with Gasteiger partial charge in [0.15, 0.2) is 17.2 Å². The van der Waals surface area contributed by atoms with Crippen LogP contribution >= 0.6 is 0 Å². The lowest BCUT2D eigenvalue weighted by molar-refractivity contribution is 0.0687. The Morgan fingerprint density at radius 2 is 1.62 bits per heavy atom. The van der Waals surface area contributed by atoms with E-state index < -0.39 is 0 Å². The van der Waals surface area contributed by atoms with Gasteiger partial charge < -0.3 is 14.4 Å². The van der Waals surface area contributed by atoms with Gasteiger partial charge >= 0.3 is 0 Å². The fraction of sp³-hybridized carbons (Fsp3) is 0.300. The Bertz CT molecular complexity index is 1510. The molecule has 1 aliphatic heterocycles. The Labute approximate surface area is 216 Å². The highest BCUT2D eigenvalue weighted by Gasteiger charge is 2.35. The van der Waals surface area contributed by atoms with Crippen molar-refractivity contribution in [2.75, 3.05) is 20.8 Å². The number of carbonyl (C=O) groups excluding carboxylic acids is 1. The maximum atomic E-state index is 14.3. The lowest BCUT2D eigenvalue weighted by atomic mass is 9.87. The summed E-state index contributed by atoms with van der Waals surface area (Å²) in [6, 6.07) is 20.8. The second-order valence-corrected chi connectivity index (χ2v) is 9.74. The largest absolute Gasteiger partial charge is 0.493 e. The summed E-state index contributed by atoms with van der Waals surface area (Å²) in [7, 11) is 3.24. The Morgan fingerprint density at radius 3 is 2.30 bits per heavy atom. The number of benzene rings is 3. The van der Waals surface area contributed by atoms with Gasteiger partial charge in [0.05, 0.1) is 25.6 Å². The smallest absolute Gasteiger partial charge is 0.275 e. The highest BCUT2D eigenvalue weighted by molar-refractivity contribution is 6.05. The molecule has 1 aliphatic rings. The molecule has 0 spiro atoms. The molecule has 1 amide bonds. The minimum atomic E-state index is -0.344. The van der Waals surface area contributed by atoms with Gasteiger partial charge in [0.25, 0.3) is 11.5 Å². The first-order chi connectivity index (χ1) is 17.9. The number of hydrogen-bond acceptors (Lipinski definition) is 5. The van der Waals surface area contributed by atoms with Crippen molar-refractivity contribution in [2.24, 2.45) is 5.92 Å². The Balaban J connectivity index is 1.69. The quantitative estimate of drug-likeness (QED) is 0.381. The van der Waals surface area contributed by atoms with Gasteiger partial charge in [0.2, 0.25) is 0 Å². The fourth-order valence-electron chi connectivity index (χ4n) is 5.16. The van der Waals surface area contributed by atoms with Crippen molar-refractivity contribution in [3.8, 4) is 11.5 Å². The van der Waals surface area contributed by atoms with Crippen LogP contribution in [0, 0.1) is 5.92 Å². The van der Waals surface area contributed by atoms with E-state index in [0.717, 1.165) is 16.7 Å². The maximum absolute atomic E-state index is 14.3. The number of hydrogen-bond donors (Lipinski definition) is 0. The van der Waals surface area contributed by atoms with Crippen molar-refractivity contribution in [1.29, 1.82) is 0 Å². The van der Waals surface area contributed by atoms with Gasteiger partial charge in [-0.15, -0.1) is 0 Å². The van der Waals surface area contributed by atoms with Crippen molar-refractivity contribution in [1.82, 2.24) is 14.7 Å². The average Bonchev–Trinajstić information content (AvgIpc) is 2.93. The molecule has 0 bridgehead atoms. The molecule has 0 saturated carbocycles. The summed E-state index contributed by atoms with van der Waals surface area (Å²) in [5, 5.41) is 5.70. The first-order valence-corrected chi connectivity index (χ1v) is 12.5. The van der Waals surface area contributed by atoms with E-state index in [0.29, 0.717) is 47.5 Å². The molecule has 1 atom stereocenters. The molecule has 2 heterocycles. The van der Waals surface area contributed by atoms with Crippen molar-refractivity contribution < 1.29 is 14.3 Å². The van der Waals surface area contributed by atoms with Crippen LogP contribution in [0.25, 0.3) is 10.8 Å². The standard InChI is InChI=1S/C30H31N3O4/c1-19(2)18-33-29(34)23-13-9-8-12-22(23)27(31-33)30(35)32-15-14-21-16-25(36-3)26(37-4)17-24(21)28(32)20-10-6-5-7-11-20/h5-13,16-17,19,28H,14-15,18H2,1-4H3. The molecule has 7 nitrogen and oxygen atoms in total. The van der Waals surface area contributed by atoms with Gasteiger partial charge in [-0.05, 0) is 47.2 Å². The minimum Gasteiger partial charge on any atom is -0.493 e. The molecule has 190 valence electrons. The highest BCUT2D eigenvalue weighted by Crippen LogP contribution is 2.41. The first kappa shape index (κ1) is 24.6. The molecule has 0 radical (unpaired) electrons. The Kier molecular flexibility index (Phi) is 6.70. The molecule has 0 fully saturated rings. The van der Waals surface area contributed by atoms with E-state index in [9.17, 15) is 9.59 Å². The topological polar surface area (TPSA) is 73.7 Å². The minimum absolute atomic E-state index is 0.179. The Hall–Kier alpha value is -4.13. The van der Waals surface area contributed by atoms with Gasteiger partial charge in [0.1, 0.15) is 0 Å². The van der Waals surface area contributed by atoms with E-state index in [2.05, 4.69) is 5.10 Å². The van der Waals surface area contributed by atoms with Gasteiger partial charge in [-0.2, -0.15) is 5.10 Å². The summed E-state index contributed by atoms with van der Waals surface area (Å²) in [5.41, 5.74) is 3.20. The van der Waals surface area contributed by atoms with E-state index in [1.54, 1.807) is 26.4 Å². The number of aromatic nitrogens is 2. The number of rotatable bonds is 6. The number of fused-ring (bicyclic) bond motifs is 2. The predicted molar refractivity (Wildman–Crippen MR) is 143 cm³/mol. The van der Waals surface area contributed by atoms with Crippen LogP contribution in [0.1, 0.15) is 47.1 Å². The van der Waals surface area contributed by atoms with E-state index >= 15 is 0 Å². The van der Waals surface area contributed by atoms with Crippen LogP contribution in [-0.4, -0.2) is 41.4 Å².